The molecule has 2 N–H and O–H groups in total. The number of likely N-dealkylation sites (tertiary alicyclic amines) is 1. The minimum absolute atomic E-state index is 0.178. The van der Waals surface area contributed by atoms with Crippen LogP contribution in [0.4, 0.5) is 9.18 Å². The molecule has 4 rings (SSSR count). The summed E-state index contributed by atoms with van der Waals surface area (Å²) in [4.78, 5) is 54.2. The van der Waals surface area contributed by atoms with Gasteiger partial charge in [0.2, 0.25) is 11.8 Å². The summed E-state index contributed by atoms with van der Waals surface area (Å²) in [6, 6.07) is 13.1. The standard InChI is InChI=1S/C25H27FN4O4/c1-25(18-9-11-19(26)12-10-18)23(33)30(24(34)28-25)16-21(31)27-20(15-17-7-3-2-4-8-17)22(32)29-13-5-6-14-29/h2-4,7-12,20H,5-6,13-16H2,1H3,(H,27,31)(H,28,34). The van der Waals surface area contributed by atoms with Crippen LogP contribution in [0, 0.1) is 5.82 Å². The largest absolute Gasteiger partial charge is 0.342 e. The van der Waals surface area contributed by atoms with Crippen LogP contribution in [0.15, 0.2) is 54.6 Å². The molecule has 2 saturated heterocycles. The van der Waals surface area contributed by atoms with Gasteiger partial charge in [-0.1, -0.05) is 42.5 Å². The second kappa shape index (κ2) is 9.62. The maximum atomic E-state index is 13.3. The topological polar surface area (TPSA) is 98.8 Å². The molecule has 2 heterocycles. The highest BCUT2D eigenvalue weighted by Crippen LogP contribution is 2.28. The number of carbonyl (C=O) groups excluding carboxylic acids is 4. The quantitative estimate of drug-likeness (QED) is 0.610. The van der Waals surface area contributed by atoms with E-state index in [-0.39, 0.29) is 5.91 Å². The molecule has 0 bridgehead atoms. The first-order valence-electron chi connectivity index (χ1n) is 11.3. The van der Waals surface area contributed by atoms with Crippen molar-refractivity contribution in [2.45, 2.75) is 37.8 Å². The zero-order valence-corrected chi connectivity index (χ0v) is 18.9. The van der Waals surface area contributed by atoms with Crippen molar-refractivity contribution in [3.8, 4) is 0 Å². The maximum absolute atomic E-state index is 13.3. The summed E-state index contributed by atoms with van der Waals surface area (Å²) in [5.74, 6) is -1.87. The van der Waals surface area contributed by atoms with E-state index in [1.807, 2.05) is 30.3 Å². The second-order valence-electron chi connectivity index (χ2n) is 8.80. The van der Waals surface area contributed by atoms with E-state index in [1.54, 1.807) is 4.90 Å². The molecule has 34 heavy (non-hydrogen) atoms. The molecule has 178 valence electrons. The minimum atomic E-state index is -1.42. The number of amides is 5. The summed E-state index contributed by atoms with van der Waals surface area (Å²) in [7, 11) is 0. The highest BCUT2D eigenvalue weighted by atomic mass is 19.1. The summed E-state index contributed by atoms with van der Waals surface area (Å²) >= 11 is 0. The molecule has 2 aromatic rings. The number of urea groups is 1. The molecule has 0 aliphatic carbocycles. The number of halogens is 1. The molecule has 2 aliphatic rings. The minimum Gasteiger partial charge on any atom is -0.342 e. The number of benzene rings is 2. The second-order valence-corrected chi connectivity index (χ2v) is 8.80. The molecule has 2 aromatic carbocycles. The summed E-state index contributed by atoms with van der Waals surface area (Å²) < 4.78 is 13.3. The van der Waals surface area contributed by atoms with Crippen LogP contribution in [0.2, 0.25) is 0 Å². The van der Waals surface area contributed by atoms with E-state index in [0.717, 1.165) is 23.3 Å². The van der Waals surface area contributed by atoms with Crippen LogP contribution in [0.25, 0.3) is 0 Å². The van der Waals surface area contributed by atoms with Crippen molar-refractivity contribution in [1.82, 2.24) is 20.4 Å². The van der Waals surface area contributed by atoms with Crippen molar-refractivity contribution in [3.05, 3.63) is 71.5 Å². The van der Waals surface area contributed by atoms with Gasteiger partial charge in [-0.15, -0.1) is 0 Å². The number of rotatable bonds is 7. The first-order valence-corrected chi connectivity index (χ1v) is 11.3. The molecule has 0 spiro atoms. The Hall–Kier alpha value is -3.75. The van der Waals surface area contributed by atoms with Crippen LogP contribution < -0.4 is 10.6 Å². The number of nitrogens with zero attached hydrogens (tertiary/aromatic N) is 2. The Morgan fingerprint density at radius 1 is 1.06 bits per heavy atom. The fourth-order valence-corrected chi connectivity index (χ4v) is 4.41. The molecule has 0 aromatic heterocycles. The Kier molecular flexibility index (Phi) is 6.63. The summed E-state index contributed by atoms with van der Waals surface area (Å²) in [6.45, 7) is 2.26. The Balaban J connectivity index is 1.47. The van der Waals surface area contributed by atoms with Gasteiger partial charge in [0.1, 0.15) is 23.9 Å². The first kappa shape index (κ1) is 23.4. The van der Waals surface area contributed by atoms with Gasteiger partial charge in [0.15, 0.2) is 0 Å². The van der Waals surface area contributed by atoms with E-state index >= 15 is 0 Å². The zero-order valence-electron chi connectivity index (χ0n) is 18.9. The molecule has 0 saturated carbocycles. The lowest BCUT2D eigenvalue weighted by molar-refractivity contribution is -0.137. The van der Waals surface area contributed by atoms with Crippen molar-refractivity contribution in [2.24, 2.45) is 0 Å². The maximum Gasteiger partial charge on any atom is 0.325 e. The normalized spacial score (nSPS) is 20.9. The average Bonchev–Trinajstić information content (AvgIpc) is 3.43. The number of nitrogens with one attached hydrogen (secondary N) is 2. The predicted octanol–water partition coefficient (Wildman–Crippen LogP) is 1.94. The van der Waals surface area contributed by atoms with Gasteiger partial charge in [-0.05, 0) is 43.0 Å². The Bertz CT molecular complexity index is 1090. The molecular formula is C25H27FN4O4. The molecular weight excluding hydrogens is 439 g/mol. The predicted molar refractivity (Wildman–Crippen MR) is 122 cm³/mol. The fourth-order valence-electron chi connectivity index (χ4n) is 4.41. The van der Waals surface area contributed by atoms with Crippen molar-refractivity contribution in [2.75, 3.05) is 19.6 Å². The van der Waals surface area contributed by atoms with Crippen molar-refractivity contribution < 1.29 is 23.6 Å². The van der Waals surface area contributed by atoms with Gasteiger partial charge in [-0.25, -0.2) is 9.18 Å². The van der Waals surface area contributed by atoms with E-state index in [9.17, 15) is 23.6 Å². The summed E-state index contributed by atoms with van der Waals surface area (Å²) in [5, 5.41) is 5.32. The van der Waals surface area contributed by atoms with Crippen molar-refractivity contribution in [1.29, 1.82) is 0 Å². The molecule has 5 amide bonds. The highest BCUT2D eigenvalue weighted by Gasteiger charge is 2.49. The Morgan fingerprint density at radius 2 is 1.71 bits per heavy atom. The Morgan fingerprint density at radius 3 is 2.35 bits per heavy atom. The lowest BCUT2D eigenvalue weighted by Crippen LogP contribution is -2.52. The zero-order chi connectivity index (χ0) is 24.3. The van der Waals surface area contributed by atoms with Crippen LogP contribution in [-0.2, 0) is 26.3 Å². The van der Waals surface area contributed by atoms with E-state index in [0.29, 0.717) is 25.1 Å². The van der Waals surface area contributed by atoms with E-state index in [4.69, 9.17) is 0 Å². The highest BCUT2D eigenvalue weighted by molar-refractivity contribution is 6.09. The van der Waals surface area contributed by atoms with Gasteiger partial charge < -0.3 is 15.5 Å². The average molecular weight is 467 g/mol. The third-order valence-electron chi connectivity index (χ3n) is 6.33. The lowest BCUT2D eigenvalue weighted by atomic mass is 9.92. The van der Waals surface area contributed by atoms with Crippen molar-refractivity contribution >= 4 is 23.8 Å². The van der Waals surface area contributed by atoms with Gasteiger partial charge in [0.05, 0.1) is 0 Å². The van der Waals surface area contributed by atoms with E-state index in [2.05, 4.69) is 10.6 Å². The number of hydrogen-bond acceptors (Lipinski definition) is 4. The van der Waals surface area contributed by atoms with Gasteiger partial charge in [-0.3, -0.25) is 19.3 Å². The van der Waals surface area contributed by atoms with E-state index < -0.39 is 41.8 Å². The number of imide groups is 1. The molecule has 9 heteroatoms. The molecule has 8 nitrogen and oxygen atoms in total. The molecule has 2 fully saturated rings. The van der Waals surface area contributed by atoms with Gasteiger partial charge in [-0.2, -0.15) is 0 Å². The van der Waals surface area contributed by atoms with Crippen molar-refractivity contribution in [3.63, 3.8) is 0 Å². The van der Waals surface area contributed by atoms with Crippen LogP contribution in [-0.4, -0.2) is 59.2 Å². The smallest absolute Gasteiger partial charge is 0.325 e. The van der Waals surface area contributed by atoms with Crippen LogP contribution in [0.1, 0.15) is 30.9 Å². The third kappa shape index (κ3) is 4.78. The van der Waals surface area contributed by atoms with Gasteiger partial charge in [0, 0.05) is 19.5 Å². The fraction of sp³-hybridized carbons (Fsp3) is 0.360. The van der Waals surface area contributed by atoms with Gasteiger partial charge in [0.25, 0.3) is 5.91 Å². The molecule has 2 atom stereocenters. The van der Waals surface area contributed by atoms with Gasteiger partial charge >= 0.3 is 6.03 Å². The molecule has 2 aliphatic heterocycles. The van der Waals surface area contributed by atoms with Crippen LogP contribution in [0.5, 0.6) is 0 Å². The number of carbonyl (C=O) groups is 4. The monoisotopic (exact) mass is 466 g/mol. The summed E-state index contributed by atoms with van der Waals surface area (Å²) in [5.41, 5.74) is -0.125. The van der Waals surface area contributed by atoms with E-state index in [1.165, 1.54) is 31.2 Å². The third-order valence-corrected chi connectivity index (χ3v) is 6.33. The number of hydrogen-bond donors (Lipinski definition) is 2. The first-order chi connectivity index (χ1) is 16.3. The molecule has 2 unspecified atom stereocenters. The summed E-state index contributed by atoms with van der Waals surface area (Å²) in [6.07, 6.45) is 2.14. The Labute approximate surface area is 197 Å². The SMILES string of the molecule is CC1(c2ccc(F)cc2)NC(=O)N(CC(=O)NC(Cc2ccccc2)C(=O)N2CCCC2)C1=O. The lowest BCUT2D eigenvalue weighted by Gasteiger charge is -2.25. The molecule has 0 radical (unpaired) electrons. The van der Waals surface area contributed by atoms with Crippen LogP contribution in [0.3, 0.4) is 0 Å². The van der Waals surface area contributed by atoms with Crippen LogP contribution >= 0.6 is 0 Å².